The molecule has 1 aromatic heterocycles. The van der Waals surface area contributed by atoms with Gasteiger partial charge in [0.2, 0.25) is 0 Å². The van der Waals surface area contributed by atoms with Gasteiger partial charge in [-0.15, -0.1) is 0 Å². The lowest BCUT2D eigenvalue weighted by Crippen LogP contribution is -1.99. The molecule has 0 bridgehead atoms. The molecule has 0 N–H and O–H groups in total. The second-order valence-corrected chi connectivity index (χ2v) is 4.47. The second kappa shape index (κ2) is 5.86. The summed E-state index contributed by atoms with van der Waals surface area (Å²) in [6.07, 6.45) is 1.55. The van der Waals surface area contributed by atoms with Gasteiger partial charge >= 0.3 is 0 Å². The third-order valence-corrected chi connectivity index (χ3v) is 2.83. The van der Waals surface area contributed by atoms with Crippen LogP contribution >= 0.6 is 23.2 Å². The molecular formula is C12H8Cl2N2O3. The van der Waals surface area contributed by atoms with Crippen LogP contribution in [-0.2, 0) is 6.61 Å². The van der Waals surface area contributed by atoms with Crippen molar-refractivity contribution in [3.8, 4) is 5.75 Å². The van der Waals surface area contributed by atoms with Gasteiger partial charge in [0, 0.05) is 17.3 Å². The molecule has 98 valence electrons. The van der Waals surface area contributed by atoms with Crippen molar-refractivity contribution in [3.05, 3.63) is 62.4 Å². The topological polar surface area (TPSA) is 65.3 Å². The average molecular weight is 299 g/mol. The second-order valence-electron chi connectivity index (χ2n) is 3.63. The van der Waals surface area contributed by atoms with Crippen molar-refractivity contribution in [2.24, 2.45) is 0 Å². The fourth-order valence-corrected chi connectivity index (χ4v) is 1.75. The van der Waals surface area contributed by atoms with Crippen LogP contribution in [-0.4, -0.2) is 9.91 Å². The average Bonchev–Trinajstić information content (AvgIpc) is 2.37. The maximum Gasteiger partial charge on any atom is 0.273 e. The van der Waals surface area contributed by atoms with Crippen LogP contribution in [0.15, 0.2) is 36.5 Å². The number of ether oxygens (including phenoxy) is 1. The SMILES string of the molecule is O=[N+]([O-])c1ccc(Cl)c(OCc2cc(Cl)ccn2)c1. The fourth-order valence-electron chi connectivity index (χ4n) is 1.40. The van der Waals surface area contributed by atoms with Crippen LogP contribution in [0.3, 0.4) is 0 Å². The van der Waals surface area contributed by atoms with Gasteiger partial charge in [-0.25, -0.2) is 0 Å². The number of non-ortho nitro benzene ring substituents is 1. The van der Waals surface area contributed by atoms with Gasteiger partial charge in [-0.3, -0.25) is 15.1 Å². The van der Waals surface area contributed by atoms with Gasteiger partial charge in [0.05, 0.1) is 21.7 Å². The van der Waals surface area contributed by atoms with E-state index in [-0.39, 0.29) is 18.0 Å². The van der Waals surface area contributed by atoms with Crippen LogP contribution in [0.5, 0.6) is 5.75 Å². The van der Waals surface area contributed by atoms with Crippen molar-refractivity contribution in [3.63, 3.8) is 0 Å². The highest BCUT2D eigenvalue weighted by molar-refractivity contribution is 6.32. The number of halogens is 2. The summed E-state index contributed by atoms with van der Waals surface area (Å²) >= 11 is 11.7. The third-order valence-electron chi connectivity index (χ3n) is 2.28. The van der Waals surface area contributed by atoms with Crippen LogP contribution in [0.25, 0.3) is 0 Å². The molecule has 7 heteroatoms. The minimum Gasteiger partial charge on any atom is -0.485 e. The molecule has 2 rings (SSSR count). The Hall–Kier alpha value is -1.85. The summed E-state index contributed by atoms with van der Waals surface area (Å²) in [5.74, 6) is 0.234. The molecule has 0 spiro atoms. The Morgan fingerprint density at radius 3 is 2.74 bits per heavy atom. The highest BCUT2D eigenvalue weighted by Crippen LogP contribution is 2.29. The van der Waals surface area contributed by atoms with Crippen molar-refractivity contribution < 1.29 is 9.66 Å². The summed E-state index contributed by atoms with van der Waals surface area (Å²) in [5.41, 5.74) is 0.522. The van der Waals surface area contributed by atoms with Crippen molar-refractivity contribution in [2.45, 2.75) is 6.61 Å². The highest BCUT2D eigenvalue weighted by Gasteiger charge is 2.11. The number of hydrogen-bond donors (Lipinski definition) is 0. The zero-order chi connectivity index (χ0) is 13.8. The first-order valence-electron chi connectivity index (χ1n) is 5.23. The zero-order valence-electron chi connectivity index (χ0n) is 9.55. The molecule has 0 amide bonds. The first-order chi connectivity index (χ1) is 9.06. The van der Waals surface area contributed by atoms with Gasteiger partial charge in [-0.2, -0.15) is 0 Å². The van der Waals surface area contributed by atoms with Gasteiger partial charge in [-0.1, -0.05) is 23.2 Å². The lowest BCUT2D eigenvalue weighted by atomic mass is 10.3. The first-order valence-corrected chi connectivity index (χ1v) is 5.99. The Kier molecular flexibility index (Phi) is 4.19. The van der Waals surface area contributed by atoms with E-state index in [0.29, 0.717) is 15.7 Å². The number of nitrogens with zero attached hydrogens (tertiary/aromatic N) is 2. The van der Waals surface area contributed by atoms with Gasteiger partial charge in [0.15, 0.2) is 0 Å². The summed E-state index contributed by atoms with van der Waals surface area (Å²) in [6.45, 7) is 0.126. The van der Waals surface area contributed by atoms with E-state index >= 15 is 0 Å². The molecular weight excluding hydrogens is 291 g/mol. The maximum atomic E-state index is 10.7. The van der Waals surface area contributed by atoms with Crippen LogP contribution in [0.1, 0.15) is 5.69 Å². The number of rotatable bonds is 4. The van der Waals surface area contributed by atoms with Gasteiger partial charge in [0.1, 0.15) is 12.4 Å². The number of aromatic nitrogens is 1. The summed E-state index contributed by atoms with van der Waals surface area (Å²) in [6, 6.07) is 7.29. The molecule has 0 atom stereocenters. The van der Waals surface area contributed by atoms with Crippen LogP contribution in [0, 0.1) is 10.1 Å². The summed E-state index contributed by atoms with van der Waals surface area (Å²) in [5, 5.41) is 11.5. The monoisotopic (exact) mass is 298 g/mol. The van der Waals surface area contributed by atoms with Crippen molar-refractivity contribution in [1.82, 2.24) is 4.98 Å². The van der Waals surface area contributed by atoms with E-state index in [1.54, 1.807) is 18.3 Å². The Labute approximate surface area is 118 Å². The lowest BCUT2D eigenvalue weighted by molar-refractivity contribution is -0.384. The van der Waals surface area contributed by atoms with Gasteiger partial charge in [-0.05, 0) is 18.2 Å². The molecule has 5 nitrogen and oxygen atoms in total. The molecule has 1 aromatic carbocycles. The van der Waals surface area contributed by atoms with E-state index in [2.05, 4.69) is 4.98 Å². The summed E-state index contributed by atoms with van der Waals surface area (Å²) in [4.78, 5) is 14.2. The standard InChI is InChI=1S/C12H8Cl2N2O3/c13-8-3-4-15-9(5-8)7-19-12-6-10(16(17)18)1-2-11(12)14/h1-6H,7H2. The number of nitro benzene ring substituents is 1. The van der Waals surface area contributed by atoms with E-state index in [9.17, 15) is 10.1 Å². The molecule has 0 saturated heterocycles. The number of nitro groups is 1. The Morgan fingerprint density at radius 2 is 2.05 bits per heavy atom. The van der Waals surface area contributed by atoms with E-state index < -0.39 is 4.92 Å². The summed E-state index contributed by atoms with van der Waals surface area (Å²) in [7, 11) is 0. The molecule has 0 aliphatic rings. The zero-order valence-corrected chi connectivity index (χ0v) is 11.1. The third kappa shape index (κ3) is 3.56. The molecule has 0 aliphatic carbocycles. The predicted octanol–water partition coefficient (Wildman–Crippen LogP) is 3.88. The molecule has 0 unspecified atom stereocenters. The molecule has 0 aliphatic heterocycles. The number of pyridine rings is 1. The largest absolute Gasteiger partial charge is 0.485 e. The molecule has 19 heavy (non-hydrogen) atoms. The number of benzene rings is 1. The van der Waals surface area contributed by atoms with Crippen LogP contribution in [0.4, 0.5) is 5.69 Å². The Balaban J connectivity index is 2.15. The van der Waals surface area contributed by atoms with E-state index in [4.69, 9.17) is 27.9 Å². The number of hydrogen-bond acceptors (Lipinski definition) is 4. The fraction of sp³-hybridized carbons (Fsp3) is 0.0833. The minimum atomic E-state index is -0.513. The maximum absolute atomic E-state index is 10.7. The first kappa shape index (κ1) is 13.6. The van der Waals surface area contributed by atoms with Crippen LogP contribution in [0.2, 0.25) is 10.0 Å². The molecule has 0 fully saturated rings. The molecule has 2 aromatic rings. The quantitative estimate of drug-likeness (QED) is 0.635. The smallest absolute Gasteiger partial charge is 0.273 e. The summed E-state index contributed by atoms with van der Waals surface area (Å²) < 4.78 is 5.41. The molecule has 0 radical (unpaired) electrons. The van der Waals surface area contributed by atoms with Crippen molar-refractivity contribution in [2.75, 3.05) is 0 Å². The van der Waals surface area contributed by atoms with Crippen molar-refractivity contribution in [1.29, 1.82) is 0 Å². The normalized spacial score (nSPS) is 10.2. The highest BCUT2D eigenvalue weighted by atomic mass is 35.5. The van der Waals surface area contributed by atoms with E-state index in [1.807, 2.05) is 0 Å². The van der Waals surface area contributed by atoms with E-state index in [0.717, 1.165) is 0 Å². The lowest BCUT2D eigenvalue weighted by Gasteiger charge is -2.07. The predicted molar refractivity (Wildman–Crippen MR) is 71.7 cm³/mol. The molecule has 1 heterocycles. The van der Waals surface area contributed by atoms with Gasteiger partial charge < -0.3 is 4.74 Å². The Morgan fingerprint density at radius 1 is 1.26 bits per heavy atom. The van der Waals surface area contributed by atoms with E-state index in [1.165, 1.54) is 18.2 Å². The van der Waals surface area contributed by atoms with Crippen LogP contribution < -0.4 is 4.74 Å². The minimum absolute atomic E-state index is 0.0848. The molecule has 0 saturated carbocycles. The van der Waals surface area contributed by atoms with Gasteiger partial charge in [0.25, 0.3) is 5.69 Å². The Bertz CT molecular complexity index is 620. The van der Waals surface area contributed by atoms with Crippen molar-refractivity contribution >= 4 is 28.9 Å².